The number of hydrogen-bond donors (Lipinski definition) is 3. The second-order valence-corrected chi connectivity index (χ2v) is 8.82. The van der Waals surface area contributed by atoms with Crippen LogP contribution in [0.25, 0.3) is 10.2 Å². The van der Waals surface area contributed by atoms with Crippen molar-refractivity contribution >= 4 is 56.6 Å². The molecule has 1 amide bonds. The number of non-ortho nitro benzene ring substituents is 1. The molecule has 32 heavy (non-hydrogen) atoms. The molecule has 11 nitrogen and oxygen atoms in total. The molecule has 0 atom stereocenters. The number of thiophene rings is 1. The maximum absolute atomic E-state index is 12.5. The zero-order chi connectivity index (χ0) is 23.6. The summed E-state index contributed by atoms with van der Waals surface area (Å²) in [5.74, 6) is -1.62. The maximum Gasteiger partial charge on any atom is 0.348 e. The molecule has 13 heteroatoms. The number of nitro benzene ring substituents is 1. The number of thioether (sulfide) groups is 1. The van der Waals surface area contributed by atoms with E-state index in [-0.39, 0.29) is 44.4 Å². The number of fused-ring (bicyclic) bond motifs is 1. The third kappa shape index (κ3) is 5.06. The van der Waals surface area contributed by atoms with Crippen molar-refractivity contribution in [2.45, 2.75) is 32.0 Å². The fourth-order valence-electron chi connectivity index (χ4n) is 2.71. The Hall–Kier alpha value is -3.45. The number of anilines is 1. The number of nitro groups is 1. The van der Waals surface area contributed by atoms with Gasteiger partial charge in [0.1, 0.15) is 15.5 Å². The van der Waals surface area contributed by atoms with E-state index in [1.807, 2.05) is 0 Å². The van der Waals surface area contributed by atoms with E-state index in [0.717, 1.165) is 41.3 Å². The van der Waals surface area contributed by atoms with Gasteiger partial charge in [-0.15, -0.1) is 11.3 Å². The number of nitrogens with zero attached hydrogens (tertiary/aromatic N) is 2. The summed E-state index contributed by atoms with van der Waals surface area (Å²) < 4.78 is 5.20. The van der Waals surface area contributed by atoms with E-state index in [1.54, 1.807) is 20.8 Å². The topological polar surface area (TPSA) is 165 Å². The molecule has 0 aliphatic rings. The molecule has 168 valence electrons. The quantitative estimate of drug-likeness (QED) is 0.115. The van der Waals surface area contributed by atoms with Crippen molar-refractivity contribution in [3.8, 4) is 5.75 Å². The van der Waals surface area contributed by atoms with Gasteiger partial charge >= 0.3 is 5.97 Å². The largest absolute Gasteiger partial charge is 0.506 e. The summed E-state index contributed by atoms with van der Waals surface area (Å²) in [6.45, 7) is 5.08. The summed E-state index contributed by atoms with van der Waals surface area (Å²) in [4.78, 5) is 54.7. The van der Waals surface area contributed by atoms with Crippen LogP contribution in [-0.4, -0.2) is 43.7 Å². The van der Waals surface area contributed by atoms with Crippen LogP contribution in [0.2, 0.25) is 0 Å². The molecule has 2 heterocycles. The standard InChI is InChI=1S/C19H18N4O7S2/c1-8(2)30-18(27)15-9(3)14-16(26)21-19(22-17(14)32-15)31-7-13(25)20-11-6-10(23(28)29)4-5-12(11)24/h4-6,8,24H,7H2,1-3H3,(H,20,25)(H,21,22,26). The average Bonchev–Trinajstić information content (AvgIpc) is 3.04. The summed E-state index contributed by atoms with van der Waals surface area (Å²) >= 11 is 1.95. The van der Waals surface area contributed by atoms with Crippen LogP contribution in [-0.2, 0) is 9.53 Å². The molecule has 0 saturated carbocycles. The number of amides is 1. The molecular formula is C19H18N4O7S2. The first-order valence-corrected chi connectivity index (χ1v) is 11.0. The number of phenols is 1. The van der Waals surface area contributed by atoms with E-state index < -0.39 is 22.4 Å². The summed E-state index contributed by atoms with van der Waals surface area (Å²) in [5, 5.41) is 23.5. The minimum atomic E-state index is -0.651. The van der Waals surface area contributed by atoms with Gasteiger partial charge in [-0.3, -0.25) is 19.7 Å². The number of carbonyl (C=O) groups excluding carboxylic acids is 2. The van der Waals surface area contributed by atoms with E-state index >= 15 is 0 Å². The van der Waals surface area contributed by atoms with E-state index in [0.29, 0.717) is 10.4 Å². The first kappa shape index (κ1) is 23.2. The van der Waals surface area contributed by atoms with E-state index in [9.17, 15) is 29.6 Å². The Balaban J connectivity index is 1.76. The zero-order valence-electron chi connectivity index (χ0n) is 17.1. The first-order valence-electron chi connectivity index (χ1n) is 9.21. The smallest absolute Gasteiger partial charge is 0.348 e. The van der Waals surface area contributed by atoms with Crippen molar-refractivity contribution in [2.24, 2.45) is 0 Å². The Morgan fingerprint density at radius 1 is 1.41 bits per heavy atom. The van der Waals surface area contributed by atoms with Crippen LogP contribution in [0.5, 0.6) is 5.75 Å². The lowest BCUT2D eigenvalue weighted by Gasteiger charge is -2.07. The molecule has 0 aliphatic carbocycles. The SMILES string of the molecule is Cc1c(C(=O)OC(C)C)sc2nc(SCC(=O)Nc3cc([N+](=O)[O-])ccc3O)[nH]c(=O)c12. The Labute approximate surface area is 189 Å². The van der Waals surface area contributed by atoms with Gasteiger partial charge in [0, 0.05) is 12.1 Å². The first-order chi connectivity index (χ1) is 15.1. The van der Waals surface area contributed by atoms with Crippen molar-refractivity contribution in [3.05, 3.63) is 49.1 Å². The number of rotatable bonds is 7. The molecule has 3 rings (SSSR count). The lowest BCUT2D eigenvalue weighted by molar-refractivity contribution is -0.384. The lowest BCUT2D eigenvalue weighted by Crippen LogP contribution is -2.16. The fourth-order valence-corrected chi connectivity index (χ4v) is 4.50. The summed E-state index contributed by atoms with van der Waals surface area (Å²) in [6.07, 6.45) is -0.312. The average molecular weight is 479 g/mol. The highest BCUT2D eigenvalue weighted by molar-refractivity contribution is 7.99. The van der Waals surface area contributed by atoms with Gasteiger partial charge in [-0.05, 0) is 32.4 Å². The van der Waals surface area contributed by atoms with Gasteiger partial charge in [-0.25, -0.2) is 9.78 Å². The van der Waals surface area contributed by atoms with Crippen LogP contribution in [0.1, 0.15) is 29.1 Å². The number of nitrogens with one attached hydrogen (secondary N) is 2. The van der Waals surface area contributed by atoms with Gasteiger partial charge in [0.15, 0.2) is 5.16 Å². The summed E-state index contributed by atoms with van der Waals surface area (Å²) in [6, 6.07) is 3.25. The number of aromatic hydroxyl groups is 1. The van der Waals surface area contributed by atoms with Crippen molar-refractivity contribution in [1.29, 1.82) is 0 Å². The Morgan fingerprint density at radius 2 is 2.12 bits per heavy atom. The summed E-state index contributed by atoms with van der Waals surface area (Å²) in [5.41, 5.74) is -0.377. The highest BCUT2D eigenvalue weighted by Gasteiger charge is 2.21. The molecule has 0 aliphatic heterocycles. The number of phenolic OH excluding ortho intramolecular Hbond substituents is 1. The molecule has 0 spiro atoms. The van der Waals surface area contributed by atoms with Crippen molar-refractivity contribution in [2.75, 3.05) is 11.1 Å². The predicted octanol–water partition coefficient (Wildman–Crippen LogP) is 3.20. The molecule has 2 aromatic heterocycles. The molecule has 0 saturated heterocycles. The van der Waals surface area contributed by atoms with Crippen LogP contribution in [0, 0.1) is 17.0 Å². The fraction of sp³-hybridized carbons (Fsp3) is 0.263. The van der Waals surface area contributed by atoms with Gasteiger partial charge in [-0.1, -0.05) is 11.8 Å². The van der Waals surface area contributed by atoms with E-state index in [4.69, 9.17) is 4.74 Å². The van der Waals surface area contributed by atoms with Gasteiger partial charge in [0.05, 0.1) is 27.9 Å². The number of ether oxygens (including phenoxy) is 1. The highest BCUT2D eigenvalue weighted by atomic mass is 32.2. The second kappa shape index (κ2) is 9.36. The minimum absolute atomic E-state index is 0.108. The maximum atomic E-state index is 12.5. The summed E-state index contributed by atoms with van der Waals surface area (Å²) in [7, 11) is 0. The van der Waals surface area contributed by atoms with Gasteiger partial charge in [0.2, 0.25) is 5.91 Å². The predicted molar refractivity (Wildman–Crippen MR) is 120 cm³/mol. The zero-order valence-corrected chi connectivity index (χ0v) is 18.8. The number of aryl methyl sites for hydroxylation is 1. The molecule has 3 N–H and O–H groups in total. The van der Waals surface area contributed by atoms with Crippen molar-refractivity contribution < 1.29 is 24.4 Å². The number of aromatic nitrogens is 2. The Morgan fingerprint density at radius 3 is 2.78 bits per heavy atom. The molecular weight excluding hydrogens is 460 g/mol. The number of aromatic amines is 1. The molecule has 0 bridgehead atoms. The molecule has 0 radical (unpaired) electrons. The molecule has 3 aromatic rings. The molecule has 1 aromatic carbocycles. The van der Waals surface area contributed by atoms with Crippen molar-refractivity contribution in [3.63, 3.8) is 0 Å². The van der Waals surface area contributed by atoms with Crippen molar-refractivity contribution in [1.82, 2.24) is 9.97 Å². The van der Waals surface area contributed by atoms with Crippen LogP contribution in [0.15, 0.2) is 28.2 Å². The number of hydrogen-bond acceptors (Lipinski definition) is 10. The minimum Gasteiger partial charge on any atom is -0.506 e. The van der Waals surface area contributed by atoms with Crippen LogP contribution in [0.3, 0.4) is 0 Å². The van der Waals surface area contributed by atoms with E-state index in [1.165, 1.54) is 0 Å². The van der Waals surface area contributed by atoms with Gasteiger partial charge < -0.3 is 20.1 Å². The number of carbonyl (C=O) groups is 2. The number of H-pyrrole nitrogens is 1. The third-order valence-electron chi connectivity index (χ3n) is 4.11. The van der Waals surface area contributed by atoms with Crippen LogP contribution >= 0.6 is 23.1 Å². The highest BCUT2D eigenvalue weighted by Crippen LogP contribution is 2.30. The Kier molecular flexibility index (Phi) is 6.79. The van der Waals surface area contributed by atoms with Crippen LogP contribution < -0.4 is 10.9 Å². The number of benzene rings is 1. The Bertz CT molecular complexity index is 1280. The van der Waals surface area contributed by atoms with Gasteiger partial charge in [-0.2, -0.15) is 0 Å². The third-order valence-corrected chi connectivity index (χ3v) is 6.15. The molecule has 0 unspecified atom stereocenters. The van der Waals surface area contributed by atoms with Crippen LogP contribution in [0.4, 0.5) is 11.4 Å². The monoisotopic (exact) mass is 478 g/mol. The number of esters is 1. The lowest BCUT2D eigenvalue weighted by atomic mass is 10.2. The molecule has 0 fully saturated rings. The van der Waals surface area contributed by atoms with Gasteiger partial charge in [0.25, 0.3) is 11.2 Å². The van der Waals surface area contributed by atoms with E-state index in [2.05, 4.69) is 15.3 Å². The normalized spacial score (nSPS) is 11.0. The second-order valence-electron chi connectivity index (χ2n) is 6.86.